The van der Waals surface area contributed by atoms with Crippen LogP contribution in [0, 0.1) is 0 Å². The Labute approximate surface area is 163 Å². The Balaban J connectivity index is 1.98. The van der Waals surface area contributed by atoms with Gasteiger partial charge in [0.1, 0.15) is 11.5 Å². The van der Waals surface area contributed by atoms with Gasteiger partial charge in [-0.25, -0.2) is 0 Å². The lowest BCUT2D eigenvalue weighted by atomic mass is 9.93. The highest BCUT2D eigenvalue weighted by atomic mass is 35.5. The molecule has 0 spiro atoms. The van der Waals surface area contributed by atoms with Crippen molar-refractivity contribution in [2.75, 3.05) is 6.54 Å². The molecule has 2 atom stereocenters. The topological polar surface area (TPSA) is 59.6 Å². The van der Waals surface area contributed by atoms with Crippen LogP contribution in [0.1, 0.15) is 30.9 Å². The molecular weight excluding hydrogens is 369 g/mol. The SMILES string of the molecule is CC(CN)c1cc(C2(C)N=CC=CN2)ccc1Oc1ccc(Cl)c(Cl)c1. The lowest BCUT2D eigenvalue weighted by Crippen LogP contribution is -2.35. The summed E-state index contributed by atoms with van der Waals surface area (Å²) >= 11 is 12.1. The molecule has 4 nitrogen and oxygen atoms in total. The van der Waals surface area contributed by atoms with Crippen LogP contribution >= 0.6 is 23.2 Å². The molecule has 3 N–H and O–H groups in total. The van der Waals surface area contributed by atoms with Crippen LogP contribution in [0.15, 0.2) is 53.7 Å². The molecule has 0 radical (unpaired) electrons. The van der Waals surface area contributed by atoms with E-state index in [0.717, 1.165) is 16.9 Å². The molecule has 0 amide bonds. The second kappa shape index (κ2) is 7.70. The molecule has 0 saturated carbocycles. The van der Waals surface area contributed by atoms with E-state index in [9.17, 15) is 0 Å². The average Bonchev–Trinajstić information content (AvgIpc) is 2.65. The van der Waals surface area contributed by atoms with Gasteiger partial charge in [0.25, 0.3) is 0 Å². The summed E-state index contributed by atoms with van der Waals surface area (Å²) < 4.78 is 6.07. The molecule has 3 rings (SSSR count). The summed E-state index contributed by atoms with van der Waals surface area (Å²) in [4.78, 5) is 4.57. The number of nitrogens with one attached hydrogen (secondary N) is 1. The van der Waals surface area contributed by atoms with Crippen molar-refractivity contribution >= 4 is 29.4 Å². The van der Waals surface area contributed by atoms with Gasteiger partial charge < -0.3 is 15.8 Å². The number of hydrogen-bond donors (Lipinski definition) is 2. The molecule has 1 aliphatic rings. The van der Waals surface area contributed by atoms with Crippen LogP contribution in [0.2, 0.25) is 10.0 Å². The zero-order valence-electron chi connectivity index (χ0n) is 14.7. The third kappa shape index (κ3) is 3.88. The van der Waals surface area contributed by atoms with Gasteiger partial charge in [-0.3, -0.25) is 4.99 Å². The van der Waals surface area contributed by atoms with Crippen molar-refractivity contribution in [3.63, 3.8) is 0 Å². The van der Waals surface area contributed by atoms with E-state index in [-0.39, 0.29) is 5.92 Å². The number of nitrogens with zero attached hydrogens (tertiary/aromatic N) is 1. The van der Waals surface area contributed by atoms with Gasteiger partial charge in [0.2, 0.25) is 0 Å². The van der Waals surface area contributed by atoms with E-state index >= 15 is 0 Å². The third-order valence-electron chi connectivity index (χ3n) is 4.45. The molecule has 0 aromatic heterocycles. The maximum Gasteiger partial charge on any atom is 0.152 e. The second-order valence-electron chi connectivity index (χ2n) is 6.42. The van der Waals surface area contributed by atoms with Crippen LogP contribution in [0.3, 0.4) is 0 Å². The highest BCUT2D eigenvalue weighted by Gasteiger charge is 2.26. The highest BCUT2D eigenvalue weighted by Crippen LogP contribution is 2.36. The molecule has 6 heteroatoms. The number of halogens is 2. The Morgan fingerprint density at radius 3 is 2.65 bits per heavy atom. The average molecular weight is 390 g/mol. The summed E-state index contributed by atoms with van der Waals surface area (Å²) in [6.45, 7) is 4.61. The molecule has 2 aromatic rings. The number of allylic oxidation sites excluding steroid dienone is 1. The fraction of sp³-hybridized carbons (Fsp3) is 0.250. The summed E-state index contributed by atoms with van der Waals surface area (Å²) in [5.41, 5.74) is 7.46. The summed E-state index contributed by atoms with van der Waals surface area (Å²) in [7, 11) is 0. The molecule has 0 fully saturated rings. The van der Waals surface area contributed by atoms with Crippen molar-refractivity contribution in [1.82, 2.24) is 5.32 Å². The number of ether oxygens (including phenoxy) is 1. The van der Waals surface area contributed by atoms with Gasteiger partial charge >= 0.3 is 0 Å². The van der Waals surface area contributed by atoms with Gasteiger partial charge in [0.15, 0.2) is 5.66 Å². The number of hydrogen-bond acceptors (Lipinski definition) is 4. The maximum atomic E-state index is 6.09. The molecule has 0 aliphatic carbocycles. The fourth-order valence-electron chi connectivity index (χ4n) is 2.76. The second-order valence-corrected chi connectivity index (χ2v) is 7.24. The zero-order chi connectivity index (χ0) is 18.7. The van der Waals surface area contributed by atoms with E-state index in [2.05, 4.69) is 23.3 Å². The first-order valence-corrected chi connectivity index (χ1v) is 9.14. The van der Waals surface area contributed by atoms with Crippen LogP contribution in [0.4, 0.5) is 0 Å². The number of rotatable bonds is 5. The molecule has 136 valence electrons. The minimum atomic E-state index is -0.514. The normalized spacial score (nSPS) is 19.9. The summed E-state index contributed by atoms with van der Waals surface area (Å²) in [5.74, 6) is 1.49. The molecule has 26 heavy (non-hydrogen) atoms. The standard InChI is InChI=1S/C20H21Cl2N3O/c1-13(12-23)16-10-14(20(2)24-8-3-9-25-20)4-7-19(16)26-15-5-6-17(21)18(22)11-15/h3-11,13,24H,12,23H2,1-2H3. The fourth-order valence-corrected chi connectivity index (χ4v) is 3.05. The first kappa shape index (κ1) is 18.8. The Hall–Kier alpha value is -2.01. The Morgan fingerprint density at radius 2 is 2.00 bits per heavy atom. The van der Waals surface area contributed by atoms with Crippen molar-refractivity contribution in [2.45, 2.75) is 25.4 Å². The van der Waals surface area contributed by atoms with E-state index in [1.807, 2.05) is 31.3 Å². The van der Waals surface area contributed by atoms with E-state index in [4.69, 9.17) is 33.7 Å². The molecule has 2 aromatic carbocycles. The van der Waals surface area contributed by atoms with Crippen molar-refractivity contribution in [2.24, 2.45) is 10.7 Å². The Morgan fingerprint density at radius 1 is 1.19 bits per heavy atom. The number of benzene rings is 2. The first-order chi connectivity index (χ1) is 12.4. The minimum absolute atomic E-state index is 0.124. The van der Waals surface area contributed by atoms with Crippen molar-refractivity contribution in [3.8, 4) is 11.5 Å². The summed E-state index contributed by atoms with van der Waals surface area (Å²) in [6, 6.07) is 11.2. The monoisotopic (exact) mass is 389 g/mol. The van der Waals surface area contributed by atoms with Gasteiger partial charge in [0, 0.05) is 18.5 Å². The van der Waals surface area contributed by atoms with Crippen molar-refractivity contribution in [3.05, 3.63) is 69.8 Å². The predicted octanol–water partition coefficient (Wildman–Crippen LogP) is 5.21. The molecular formula is C20H21Cl2N3O. The predicted molar refractivity (Wildman–Crippen MR) is 109 cm³/mol. The van der Waals surface area contributed by atoms with Crippen LogP contribution < -0.4 is 15.8 Å². The summed E-state index contributed by atoms with van der Waals surface area (Å²) in [5, 5.41) is 4.24. The van der Waals surface area contributed by atoms with E-state index < -0.39 is 5.66 Å². The van der Waals surface area contributed by atoms with E-state index in [1.165, 1.54) is 0 Å². The smallest absolute Gasteiger partial charge is 0.152 e. The van der Waals surface area contributed by atoms with Gasteiger partial charge in [-0.05, 0) is 60.9 Å². The van der Waals surface area contributed by atoms with Gasteiger partial charge in [-0.15, -0.1) is 0 Å². The lowest BCUT2D eigenvalue weighted by molar-refractivity contribution is 0.435. The molecule has 2 unspecified atom stereocenters. The number of nitrogens with two attached hydrogens (primary N) is 1. The Bertz CT molecular complexity index is 866. The van der Waals surface area contributed by atoms with Crippen LogP contribution in [-0.2, 0) is 5.66 Å². The minimum Gasteiger partial charge on any atom is -0.457 e. The summed E-state index contributed by atoms with van der Waals surface area (Å²) in [6.07, 6.45) is 5.55. The van der Waals surface area contributed by atoms with Crippen LogP contribution in [0.25, 0.3) is 0 Å². The molecule has 1 aliphatic heterocycles. The van der Waals surface area contributed by atoms with E-state index in [0.29, 0.717) is 22.3 Å². The Kier molecular flexibility index (Phi) is 5.56. The largest absolute Gasteiger partial charge is 0.457 e. The number of aliphatic imine (C=N–C) groups is 1. The molecule has 0 saturated heterocycles. The molecule has 1 heterocycles. The third-order valence-corrected chi connectivity index (χ3v) is 5.19. The van der Waals surface area contributed by atoms with Gasteiger partial charge in [-0.2, -0.15) is 0 Å². The van der Waals surface area contributed by atoms with Crippen LogP contribution in [0.5, 0.6) is 11.5 Å². The first-order valence-electron chi connectivity index (χ1n) is 8.38. The highest BCUT2D eigenvalue weighted by molar-refractivity contribution is 6.42. The van der Waals surface area contributed by atoms with Gasteiger partial charge in [0.05, 0.1) is 10.0 Å². The van der Waals surface area contributed by atoms with Gasteiger partial charge in [-0.1, -0.05) is 36.2 Å². The van der Waals surface area contributed by atoms with Crippen molar-refractivity contribution in [1.29, 1.82) is 0 Å². The zero-order valence-corrected chi connectivity index (χ0v) is 16.2. The molecule has 0 bridgehead atoms. The maximum absolute atomic E-state index is 6.09. The lowest BCUT2D eigenvalue weighted by Gasteiger charge is -2.29. The van der Waals surface area contributed by atoms with E-state index in [1.54, 1.807) is 24.4 Å². The van der Waals surface area contributed by atoms with Crippen molar-refractivity contribution < 1.29 is 4.74 Å². The quantitative estimate of drug-likeness (QED) is 0.737. The van der Waals surface area contributed by atoms with Crippen LogP contribution in [-0.4, -0.2) is 12.8 Å².